The van der Waals surface area contributed by atoms with Gasteiger partial charge in [0.1, 0.15) is 23.9 Å². The Morgan fingerprint density at radius 3 is 2.59 bits per heavy atom. The number of amides is 1. The van der Waals surface area contributed by atoms with Gasteiger partial charge in [0.15, 0.2) is 0 Å². The van der Waals surface area contributed by atoms with Crippen LogP contribution < -0.4 is 14.8 Å². The number of rotatable bonds is 7. The van der Waals surface area contributed by atoms with E-state index in [1.54, 1.807) is 31.2 Å². The summed E-state index contributed by atoms with van der Waals surface area (Å²) in [4.78, 5) is 12.7. The molecule has 29 heavy (non-hydrogen) atoms. The Kier molecular flexibility index (Phi) is 6.26. The molecule has 154 valence electrons. The second kappa shape index (κ2) is 8.69. The molecule has 1 aromatic carbocycles. The van der Waals surface area contributed by atoms with Crippen molar-refractivity contribution in [2.75, 3.05) is 14.2 Å². The van der Waals surface area contributed by atoms with Crippen LogP contribution in [0.1, 0.15) is 40.4 Å². The molecule has 0 aliphatic heterocycles. The average Bonchev–Trinajstić information content (AvgIpc) is 3.28. The number of ether oxygens (including phenoxy) is 2. The highest BCUT2D eigenvalue weighted by Gasteiger charge is 2.18. The molecule has 3 aromatic rings. The number of aromatic nitrogens is 4. The molecule has 0 aliphatic carbocycles. The standard InChI is InChI=1S/C20H24BrN5O3/c1-12(16-10-15(28-4)6-7-18(16)29-5)22-20(27)17-8-9-25(24-17)11-26-14(3)19(21)13(2)23-26/h6-10,12H,11H2,1-5H3,(H,22,27). The van der Waals surface area contributed by atoms with E-state index in [-0.39, 0.29) is 11.9 Å². The molecule has 8 nitrogen and oxygen atoms in total. The van der Waals surface area contributed by atoms with E-state index in [0.29, 0.717) is 23.9 Å². The number of methoxy groups -OCH3 is 2. The van der Waals surface area contributed by atoms with Gasteiger partial charge >= 0.3 is 0 Å². The Morgan fingerprint density at radius 1 is 1.21 bits per heavy atom. The number of nitrogens with zero attached hydrogens (tertiary/aromatic N) is 4. The molecular weight excluding hydrogens is 438 g/mol. The summed E-state index contributed by atoms with van der Waals surface area (Å²) in [5, 5.41) is 11.8. The van der Waals surface area contributed by atoms with E-state index in [0.717, 1.165) is 21.4 Å². The highest BCUT2D eigenvalue weighted by atomic mass is 79.9. The highest BCUT2D eigenvalue weighted by molar-refractivity contribution is 9.10. The molecule has 0 spiro atoms. The number of halogens is 1. The van der Waals surface area contributed by atoms with Gasteiger partial charge in [-0.15, -0.1) is 0 Å². The fraction of sp³-hybridized carbons (Fsp3) is 0.350. The first-order valence-corrected chi connectivity index (χ1v) is 9.89. The zero-order chi connectivity index (χ0) is 21.1. The number of hydrogen-bond acceptors (Lipinski definition) is 5. The molecule has 2 aromatic heterocycles. The lowest BCUT2D eigenvalue weighted by Gasteiger charge is -2.17. The molecular formula is C20H24BrN5O3. The van der Waals surface area contributed by atoms with Crippen molar-refractivity contribution in [3.8, 4) is 11.5 Å². The van der Waals surface area contributed by atoms with Gasteiger partial charge in [-0.2, -0.15) is 10.2 Å². The minimum absolute atomic E-state index is 0.268. The van der Waals surface area contributed by atoms with Gasteiger partial charge in [-0.3, -0.25) is 9.48 Å². The average molecular weight is 462 g/mol. The Hall–Kier alpha value is -2.81. The van der Waals surface area contributed by atoms with Crippen LogP contribution in [0, 0.1) is 13.8 Å². The normalized spacial score (nSPS) is 11.9. The lowest BCUT2D eigenvalue weighted by molar-refractivity contribution is 0.0933. The lowest BCUT2D eigenvalue weighted by atomic mass is 10.1. The number of benzene rings is 1. The molecule has 1 unspecified atom stereocenters. The summed E-state index contributed by atoms with van der Waals surface area (Å²) in [5.74, 6) is 1.11. The molecule has 1 N–H and O–H groups in total. The van der Waals surface area contributed by atoms with Crippen LogP contribution in [-0.4, -0.2) is 39.7 Å². The molecule has 1 amide bonds. The van der Waals surface area contributed by atoms with E-state index in [4.69, 9.17) is 9.47 Å². The fourth-order valence-electron chi connectivity index (χ4n) is 3.04. The van der Waals surface area contributed by atoms with Gasteiger partial charge < -0.3 is 14.8 Å². The quantitative estimate of drug-likeness (QED) is 0.582. The van der Waals surface area contributed by atoms with Crippen LogP contribution in [-0.2, 0) is 6.67 Å². The third kappa shape index (κ3) is 4.45. The maximum absolute atomic E-state index is 12.7. The van der Waals surface area contributed by atoms with Crippen LogP contribution in [0.2, 0.25) is 0 Å². The molecule has 9 heteroatoms. The van der Waals surface area contributed by atoms with Crippen LogP contribution in [0.4, 0.5) is 0 Å². The molecule has 0 radical (unpaired) electrons. The maximum atomic E-state index is 12.7. The summed E-state index contributed by atoms with van der Waals surface area (Å²) in [6.07, 6.45) is 1.76. The van der Waals surface area contributed by atoms with Crippen molar-refractivity contribution in [1.82, 2.24) is 24.9 Å². The van der Waals surface area contributed by atoms with E-state index in [2.05, 4.69) is 31.4 Å². The van der Waals surface area contributed by atoms with Crippen LogP contribution in [0.5, 0.6) is 11.5 Å². The fourth-order valence-corrected chi connectivity index (χ4v) is 3.32. The van der Waals surface area contributed by atoms with E-state index in [9.17, 15) is 4.79 Å². The predicted octanol–water partition coefficient (Wildman–Crippen LogP) is 3.47. The van der Waals surface area contributed by atoms with Crippen molar-refractivity contribution in [2.24, 2.45) is 0 Å². The molecule has 2 heterocycles. The van der Waals surface area contributed by atoms with Crippen LogP contribution in [0.3, 0.4) is 0 Å². The summed E-state index contributed by atoms with van der Waals surface area (Å²) in [6, 6.07) is 6.88. The number of nitrogens with one attached hydrogen (secondary N) is 1. The molecule has 0 saturated carbocycles. The summed E-state index contributed by atoms with van der Waals surface area (Å²) in [6.45, 7) is 6.22. The summed E-state index contributed by atoms with van der Waals surface area (Å²) >= 11 is 3.52. The van der Waals surface area contributed by atoms with Crippen molar-refractivity contribution in [1.29, 1.82) is 0 Å². The van der Waals surface area contributed by atoms with Gasteiger partial charge in [0.2, 0.25) is 0 Å². The van der Waals surface area contributed by atoms with Crippen LogP contribution in [0.25, 0.3) is 0 Å². The van der Waals surface area contributed by atoms with Crippen molar-refractivity contribution >= 4 is 21.8 Å². The number of aryl methyl sites for hydroxylation is 1. The van der Waals surface area contributed by atoms with E-state index in [1.165, 1.54) is 0 Å². The summed E-state index contributed by atoms with van der Waals surface area (Å²) in [5.41, 5.74) is 3.07. The lowest BCUT2D eigenvalue weighted by Crippen LogP contribution is -2.27. The summed E-state index contributed by atoms with van der Waals surface area (Å²) < 4.78 is 15.2. The van der Waals surface area contributed by atoms with Crippen molar-refractivity contribution in [3.63, 3.8) is 0 Å². The first kappa shape index (κ1) is 20.9. The van der Waals surface area contributed by atoms with Gasteiger partial charge in [0.25, 0.3) is 5.91 Å². The monoisotopic (exact) mass is 461 g/mol. The molecule has 0 fully saturated rings. The molecule has 0 aliphatic rings. The zero-order valence-electron chi connectivity index (χ0n) is 17.1. The second-order valence-corrected chi connectivity index (χ2v) is 7.46. The molecule has 0 bridgehead atoms. The van der Waals surface area contributed by atoms with Gasteiger partial charge in [0.05, 0.1) is 36.1 Å². The Bertz CT molecular complexity index is 1030. The maximum Gasteiger partial charge on any atom is 0.272 e. The zero-order valence-corrected chi connectivity index (χ0v) is 18.6. The SMILES string of the molecule is COc1ccc(OC)c(C(C)NC(=O)c2ccn(Cn3nc(C)c(Br)c3C)n2)c1. The number of carbonyl (C=O) groups excluding carboxylic acids is 1. The minimum atomic E-state index is -0.287. The first-order chi connectivity index (χ1) is 13.8. The topological polar surface area (TPSA) is 83.2 Å². The minimum Gasteiger partial charge on any atom is -0.497 e. The van der Waals surface area contributed by atoms with E-state index in [1.807, 2.05) is 43.7 Å². The Morgan fingerprint density at radius 2 is 1.97 bits per heavy atom. The largest absolute Gasteiger partial charge is 0.497 e. The molecule has 3 rings (SSSR count). The second-order valence-electron chi connectivity index (χ2n) is 6.67. The van der Waals surface area contributed by atoms with Crippen LogP contribution >= 0.6 is 15.9 Å². The third-order valence-electron chi connectivity index (χ3n) is 4.70. The summed E-state index contributed by atoms with van der Waals surface area (Å²) in [7, 11) is 3.20. The van der Waals surface area contributed by atoms with Crippen LogP contribution in [0.15, 0.2) is 34.9 Å². The highest BCUT2D eigenvalue weighted by Crippen LogP contribution is 2.29. The van der Waals surface area contributed by atoms with Crippen molar-refractivity contribution in [3.05, 3.63) is 57.6 Å². The Balaban J connectivity index is 1.72. The smallest absolute Gasteiger partial charge is 0.272 e. The first-order valence-electron chi connectivity index (χ1n) is 9.09. The van der Waals surface area contributed by atoms with Crippen molar-refractivity contribution < 1.29 is 14.3 Å². The van der Waals surface area contributed by atoms with Crippen molar-refractivity contribution in [2.45, 2.75) is 33.5 Å². The van der Waals surface area contributed by atoms with Gasteiger partial charge in [-0.05, 0) is 61.0 Å². The third-order valence-corrected chi connectivity index (χ3v) is 5.84. The molecule has 1 atom stereocenters. The number of hydrogen-bond donors (Lipinski definition) is 1. The number of carbonyl (C=O) groups is 1. The van der Waals surface area contributed by atoms with E-state index >= 15 is 0 Å². The van der Waals surface area contributed by atoms with Gasteiger partial charge in [-0.25, -0.2) is 4.68 Å². The molecule has 0 saturated heterocycles. The Labute approximate surface area is 177 Å². The van der Waals surface area contributed by atoms with Gasteiger partial charge in [-0.1, -0.05) is 0 Å². The van der Waals surface area contributed by atoms with E-state index < -0.39 is 0 Å². The predicted molar refractivity (Wildman–Crippen MR) is 112 cm³/mol. The van der Waals surface area contributed by atoms with Gasteiger partial charge in [0, 0.05) is 11.8 Å².